The van der Waals surface area contributed by atoms with Crippen LogP contribution in [0.3, 0.4) is 0 Å². The lowest BCUT2D eigenvalue weighted by molar-refractivity contribution is -0.384. The summed E-state index contributed by atoms with van der Waals surface area (Å²) in [5.74, 6) is 0.670. The van der Waals surface area contributed by atoms with Gasteiger partial charge in [0.05, 0.1) is 22.2 Å². The zero-order valence-corrected chi connectivity index (χ0v) is 14.1. The highest BCUT2D eigenvalue weighted by atomic mass is 79.9. The zero-order chi connectivity index (χ0) is 15.4. The normalized spacial score (nSPS) is 10.8. The number of hydrogen-bond acceptors (Lipinski definition) is 4. The van der Waals surface area contributed by atoms with Crippen LogP contribution in [0.15, 0.2) is 50.3 Å². The lowest BCUT2D eigenvalue weighted by Gasteiger charge is -2.07. The van der Waals surface area contributed by atoms with Crippen molar-refractivity contribution in [3.05, 3.63) is 61.0 Å². The van der Waals surface area contributed by atoms with Crippen molar-refractivity contribution in [1.29, 1.82) is 0 Å². The third kappa shape index (κ3) is 3.89. The molecule has 2 aromatic carbocycles. The molecule has 0 N–H and O–H groups in total. The molecule has 0 saturated heterocycles. The van der Waals surface area contributed by atoms with E-state index in [1.54, 1.807) is 25.5 Å². The zero-order valence-electron chi connectivity index (χ0n) is 10.9. The number of non-ortho nitro benzene ring substituents is 1. The maximum Gasteiger partial charge on any atom is 0.269 e. The fraction of sp³-hybridized carbons (Fsp3) is 0.0714. The third-order valence-corrected chi connectivity index (χ3v) is 3.70. The Balaban J connectivity index is 2.31. The Morgan fingerprint density at radius 1 is 1.24 bits per heavy atom. The molecule has 0 radical (unpaired) electrons. The third-order valence-electron chi connectivity index (χ3n) is 2.65. The minimum Gasteiger partial charge on any atom is -0.495 e. The second-order valence-electron chi connectivity index (χ2n) is 4.04. The number of ether oxygens (including phenoxy) is 1. The maximum absolute atomic E-state index is 10.6. The van der Waals surface area contributed by atoms with Gasteiger partial charge < -0.3 is 4.74 Å². The molecule has 0 bridgehead atoms. The summed E-state index contributed by atoms with van der Waals surface area (Å²) in [4.78, 5) is 14.4. The van der Waals surface area contributed by atoms with Crippen molar-refractivity contribution in [1.82, 2.24) is 0 Å². The van der Waals surface area contributed by atoms with E-state index in [-0.39, 0.29) is 5.69 Å². The predicted octanol–water partition coefficient (Wildman–Crippen LogP) is 4.88. The van der Waals surface area contributed by atoms with E-state index in [1.807, 2.05) is 12.1 Å². The van der Waals surface area contributed by atoms with Crippen LogP contribution in [-0.4, -0.2) is 18.2 Å². The highest BCUT2D eigenvalue weighted by molar-refractivity contribution is 9.11. The van der Waals surface area contributed by atoms with Gasteiger partial charge in [0.1, 0.15) is 5.75 Å². The first-order chi connectivity index (χ1) is 10.0. The number of hydrogen-bond donors (Lipinski definition) is 0. The molecule has 2 aromatic rings. The van der Waals surface area contributed by atoms with Gasteiger partial charge in [-0.25, -0.2) is 0 Å². The molecule has 0 unspecified atom stereocenters. The molecular formula is C14H10Br2N2O3. The van der Waals surface area contributed by atoms with E-state index in [1.165, 1.54) is 12.1 Å². The summed E-state index contributed by atoms with van der Waals surface area (Å²) in [5.41, 5.74) is 1.45. The molecule has 0 heterocycles. The topological polar surface area (TPSA) is 64.7 Å². The highest BCUT2D eigenvalue weighted by Gasteiger charge is 2.08. The molecule has 5 nitrogen and oxygen atoms in total. The number of rotatable bonds is 4. The fourth-order valence-corrected chi connectivity index (χ4v) is 3.12. The molecule has 0 fully saturated rings. The van der Waals surface area contributed by atoms with Crippen molar-refractivity contribution in [3.63, 3.8) is 0 Å². The lowest BCUT2D eigenvalue weighted by Crippen LogP contribution is -1.92. The standard InChI is InChI=1S/C14H10Br2N2O3/c1-21-14-9(6-10(15)7-13(14)16)8-17-11-2-4-12(5-3-11)18(19)20/h2-8H,1H3. The molecule has 0 saturated carbocycles. The fourth-order valence-electron chi connectivity index (χ4n) is 1.70. The second-order valence-corrected chi connectivity index (χ2v) is 5.81. The van der Waals surface area contributed by atoms with Gasteiger partial charge in [-0.1, -0.05) is 15.9 Å². The van der Waals surface area contributed by atoms with E-state index in [2.05, 4.69) is 36.9 Å². The Morgan fingerprint density at radius 2 is 1.90 bits per heavy atom. The lowest BCUT2D eigenvalue weighted by atomic mass is 10.2. The largest absolute Gasteiger partial charge is 0.495 e. The van der Waals surface area contributed by atoms with Gasteiger partial charge in [-0.15, -0.1) is 0 Å². The minimum atomic E-state index is -0.443. The van der Waals surface area contributed by atoms with Crippen LogP contribution in [0.5, 0.6) is 5.75 Å². The van der Waals surface area contributed by atoms with E-state index < -0.39 is 4.92 Å². The molecule has 0 spiro atoms. The van der Waals surface area contributed by atoms with Crippen LogP contribution < -0.4 is 4.74 Å². The quantitative estimate of drug-likeness (QED) is 0.407. The summed E-state index contributed by atoms with van der Waals surface area (Å²) in [6, 6.07) is 9.77. The SMILES string of the molecule is COc1c(Br)cc(Br)cc1C=Nc1ccc([N+](=O)[O-])cc1. The van der Waals surface area contributed by atoms with Crippen LogP contribution in [0.1, 0.15) is 5.56 Å². The van der Waals surface area contributed by atoms with Gasteiger partial charge in [0.15, 0.2) is 0 Å². The summed E-state index contributed by atoms with van der Waals surface area (Å²) in [6.45, 7) is 0. The predicted molar refractivity (Wildman–Crippen MR) is 88.7 cm³/mol. The Kier molecular flexibility index (Phi) is 5.08. The Hall–Kier alpha value is -1.73. The molecule has 0 aliphatic rings. The molecule has 21 heavy (non-hydrogen) atoms. The van der Waals surface area contributed by atoms with Crippen LogP contribution in [0.2, 0.25) is 0 Å². The molecule has 0 amide bonds. The van der Waals surface area contributed by atoms with Gasteiger partial charge in [-0.3, -0.25) is 15.1 Å². The Bertz CT molecular complexity index is 700. The van der Waals surface area contributed by atoms with Gasteiger partial charge in [0, 0.05) is 28.4 Å². The van der Waals surface area contributed by atoms with Crippen molar-refractivity contribution < 1.29 is 9.66 Å². The van der Waals surface area contributed by atoms with Crippen molar-refractivity contribution in [3.8, 4) is 5.75 Å². The van der Waals surface area contributed by atoms with Crippen LogP contribution in [0.25, 0.3) is 0 Å². The summed E-state index contributed by atoms with van der Waals surface area (Å²) in [7, 11) is 1.58. The number of aliphatic imine (C=N–C) groups is 1. The molecular weight excluding hydrogens is 404 g/mol. The summed E-state index contributed by atoms with van der Waals surface area (Å²) in [6.07, 6.45) is 1.65. The first kappa shape index (κ1) is 15.7. The van der Waals surface area contributed by atoms with E-state index in [0.717, 1.165) is 14.5 Å². The van der Waals surface area contributed by atoms with Crippen molar-refractivity contribution >= 4 is 49.4 Å². The van der Waals surface area contributed by atoms with E-state index in [0.29, 0.717) is 11.4 Å². The highest BCUT2D eigenvalue weighted by Crippen LogP contribution is 2.32. The van der Waals surface area contributed by atoms with E-state index in [9.17, 15) is 10.1 Å². The first-order valence-corrected chi connectivity index (χ1v) is 7.41. The van der Waals surface area contributed by atoms with Crippen molar-refractivity contribution in [2.45, 2.75) is 0 Å². The maximum atomic E-state index is 10.6. The first-order valence-electron chi connectivity index (χ1n) is 5.83. The molecule has 108 valence electrons. The van der Waals surface area contributed by atoms with Gasteiger partial charge in [0.2, 0.25) is 0 Å². The Labute approximate surface area is 138 Å². The second kappa shape index (κ2) is 6.82. The van der Waals surface area contributed by atoms with Gasteiger partial charge in [-0.05, 0) is 40.2 Å². The van der Waals surface area contributed by atoms with Crippen LogP contribution in [0.4, 0.5) is 11.4 Å². The molecule has 0 aliphatic carbocycles. The average molecular weight is 414 g/mol. The monoisotopic (exact) mass is 412 g/mol. The van der Waals surface area contributed by atoms with Crippen molar-refractivity contribution in [2.24, 2.45) is 4.99 Å². The Morgan fingerprint density at radius 3 is 2.48 bits per heavy atom. The van der Waals surface area contributed by atoms with Crippen LogP contribution in [0, 0.1) is 10.1 Å². The number of nitro groups is 1. The number of nitro benzene ring substituents is 1. The number of nitrogens with zero attached hydrogens (tertiary/aromatic N) is 2. The molecule has 7 heteroatoms. The van der Waals surface area contributed by atoms with E-state index in [4.69, 9.17) is 4.74 Å². The molecule has 0 atom stereocenters. The summed E-state index contributed by atoms with van der Waals surface area (Å²) in [5, 5.41) is 10.6. The smallest absolute Gasteiger partial charge is 0.269 e. The molecule has 0 aliphatic heterocycles. The number of methoxy groups -OCH3 is 1. The summed E-state index contributed by atoms with van der Waals surface area (Å²) >= 11 is 6.82. The number of benzene rings is 2. The summed E-state index contributed by atoms with van der Waals surface area (Å²) < 4.78 is 7.02. The average Bonchev–Trinajstić information content (AvgIpc) is 2.45. The van der Waals surface area contributed by atoms with Gasteiger partial charge in [-0.2, -0.15) is 0 Å². The van der Waals surface area contributed by atoms with Crippen LogP contribution >= 0.6 is 31.9 Å². The van der Waals surface area contributed by atoms with Gasteiger partial charge in [0.25, 0.3) is 5.69 Å². The van der Waals surface area contributed by atoms with Crippen molar-refractivity contribution in [2.75, 3.05) is 7.11 Å². The molecule has 2 rings (SSSR count). The molecule has 0 aromatic heterocycles. The van der Waals surface area contributed by atoms with Gasteiger partial charge >= 0.3 is 0 Å². The number of halogens is 2. The van der Waals surface area contributed by atoms with E-state index >= 15 is 0 Å². The minimum absolute atomic E-state index is 0.0386. The van der Waals surface area contributed by atoms with Crippen LogP contribution in [-0.2, 0) is 0 Å².